The maximum Gasteiger partial charge on any atom is 0.0230 e. The van der Waals surface area contributed by atoms with Crippen molar-refractivity contribution in [2.45, 2.75) is 46.2 Å². The SMILES string of the molecule is CCCN(C)Cc1ccc(CCNC(C)C)cc1. The predicted octanol–water partition coefficient (Wildman–Crippen LogP) is 3.07. The number of nitrogens with one attached hydrogen (secondary N) is 1. The first-order chi connectivity index (χ1) is 8.61. The largest absolute Gasteiger partial charge is 0.314 e. The van der Waals surface area contributed by atoms with Crippen LogP contribution in [0.4, 0.5) is 0 Å². The minimum atomic E-state index is 0.576. The Morgan fingerprint density at radius 3 is 2.28 bits per heavy atom. The van der Waals surface area contributed by atoms with Gasteiger partial charge < -0.3 is 10.2 Å². The van der Waals surface area contributed by atoms with Crippen molar-refractivity contribution in [2.24, 2.45) is 0 Å². The van der Waals surface area contributed by atoms with Crippen LogP contribution in [0.5, 0.6) is 0 Å². The molecule has 0 heterocycles. The number of hydrogen-bond donors (Lipinski definition) is 1. The van der Waals surface area contributed by atoms with E-state index in [1.54, 1.807) is 0 Å². The third-order valence-electron chi connectivity index (χ3n) is 3.05. The van der Waals surface area contributed by atoms with Crippen molar-refractivity contribution >= 4 is 0 Å². The highest BCUT2D eigenvalue weighted by atomic mass is 15.1. The van der Waals surface area contributed by atoms with E-state index in [0.717, 1.165) is 19.5 Å². The fourth-order valence-corrected chi connectivity index (χ4v) is 2.09. The lowest BCUT2D eigenvalue weighted by atomic mass is 10.1. The molecule has 1 rings (SSSR count). The van der Waals surface area contributed by atoms with Crippen molar-refractivity contribution < 1.29 is 0 Å². The molecular weight excluding hydrogens is 220 g/mol. The molecule has 1 aromatic rings. The minimum absolute atomic E-state index is 0.576. The zero-order chi connectivity index (χ0) is 13.4. The third-order valence-corrected chi connectivity index (χ3v) is 3.05. The zero-order valence-electron chi connectivity index (χ0n) is 12.4. The first-order valence-corrected chi connectivity index (χ1v) is 7.11. The third kappa shape index (κ3) is 6.18. The Labute approximate surface area is 112 Å². The summed E-state index contributed by atoms with van der Waals surface area (Å²) in [6.07, 6.45) is 2.33. The van der Waals surface area contributed by atoms with E-state index in [2.05, 4.69) is 62.3 Å². The summed E-state index contributed by atoms with van der Waals surface area (Å²) in [4.78, 5) is 2.37. The maximum atomic E-state index is 3.45. The topological polar surface area (TPSA) is 15.3 Å². The van der Waals surface area contributed by atoms with Gasteiger partial charge in [0.2, 0.25) is 0 Å². The van der Waals surface area contributed by atoms with Gasteiger partial charge in [-0.3, -0.25) is 0 Å². The Kier molecular flexibility index (Phi) is 6.99. The van der Waals surface area contributed by atoms with Crippen LogP contribution in [0.15, 0.2) is 24.3 Å². The first kappa shape index (κ1) is 15.2. The fourth-order valence-electron chi connectivity index (χ4n) is 2.09. The predicted molar refractivity (Wildman–Crippen MR) is 79.9 cm³/mol. The van der Waals surface area contributed by atoms with Crippen LogP contribution in [0.3, 0.4) is 0 Å². The van der Waals surface area contributed by atoms with E-state index in [-0.39, 0.29) is 0 Å². The Morgan fingerprint density at radius 1 is 1.11 bits per heavy atom. The van der Waals surface area contributed by atoms with Gasteiger partial charge in [-0.1, -0.05) is 45.0 Å². The van der Waals surface area contributed by atoms with Gasteiger partial charge in [-0.25, -0.2) is 0 Å². The molecule has 0 radical (unpaired) electrons. The highest BCUT2D eigenvalue weighted by Gasteiger charge is 2.00. The van der Waals surface area contributed by atoms with E-state index in [0.29, 0.717) is 6.04 Å². The monoisotopic (exact) mass is 248 g/mol. The molecule has 0 amide bonds. The van der Waals surface area contributed by atoms with E-state index < -0.39 is 0 Å². The first-order valence-electron chi connectivity index (χ1n) is 7.11. The quantitative estimate of drug-likeness (QED) is 0.760. The summed E-state index contributed by atoms with van der Waals surface area (Å²) in [5, 5.41) is 3.45. The molecule has 0 saturated carbocycles. The number of rotatable bonds is 8. The number of benzene rings is 1. The standard InChI is InChI=1S/C16H28N2/c1-5-12-18(4)13-16-8-6-15(7-9-16)10-11-17-14(2)3/h6-9,14,17H,5,10-13H2,1-4H3. The molecule has 0 bridgehead atoms. The lowest BCUT2D eigenvalue weighted by Crippen LogP contribution is -2.24. The second-order valence-electron chi connectivity index (χ2n) is 5.41. The summed E-state index contributed by atoms with van der Waals surface area (Å²) in [6.45, 7) is 9.88. The molecule has 0 unspecified atom stereocenters. The van der Waals surface area contributed by atoms with Crippen LogP contribution in [0.2, 0.25) is 0 Å². The summed E-state index contributed by atoms with van der Waals surface area (Å²) in [7, 11) is 2.18. The summed E-state index contributed by atoms with van der Waals surface area (Å²) >= 11 is 0. The number of nitrogens with zero attached hydrogens (tertiary/aromatic N) is 1. The molecule has 102 valence electrons. The van der Waals surface area contributed by atoms with Crippen LogP contribution < -0.4 is 5.32 Å². The normalized spacial score (nSPS) is 11.4. The van der Waals surface area contributed by atoms with Crippen LogP contribution in [-0.4, -0.2) is 31.1 Å². The van der Waals surface area contributed by atoms with Gasteiger partial charge in [-0.05, 0) is 44.1 Å². The summed E-state index contributed by atoms with van der Waals surface area (Å²) in [5.41, 5.74) is 2.83. The molecule has 0 fully saturated rings. The Balaban J connectivity index is 2.37. The molecule has 0 aliphatic carbocycles. The molecule has 0 aliphatic rings. The molecule has 2 heteroatoms. The van der Waals surface area contributed by atoms with Crippen LogP contribution in [-0.2, 0) is 13.0 Å². The summed E-state index contributed by atoms with van der Waals surface area (Å²) < 4.78 is 0. The second kappa shape index (κ2) is 8.28. The fraction of sp³-hybridized carbons (Fsp3) is 0.625. The van der Waals surface area contributed by atoms with Gasteiger partial charge in [0.1, 0.15) is 0 Å². The van der Waals surface area contributed by atoms with Crippen LogP contribution >= 0.6 is 0 Å². The summed E-state index contributed by atoms with van der Waals surface area (Å²) in [6, 6.07) is 9.62. The Morgan fingerprint density at radius 2 is 1.72 bits per heavy atom. The van der Waals surface area contributed by atoms with Gasteiger partial charge >= 0.3 is 0 Å². The van der Waals surface area contributed by atoms with Gasteiger partial charge in [0.15, 0.2) is 0 Å². The average Bonchev–Trinajstić information content (AvgIpc) is 2.31. The van der Waals surface area contributed by atoms with Crippen molar-refractivity contribution in [2.75, 3.05) is 20.1 Å². The Bertz CT molecular complexity index is 316. The molecule has 18 heavy (non-hydrogen) atoms. The van der Waals surface area contributed by atoms with Gasteiger partial charge in [0.05, 0.1) is 0 Å². The summed E-state index contributed by atoms with van der Waals surface area (Å²) in [5.74, 6) is 0. The number of hydrogen-bond acceptors (Lipinski definition) is 2. The van der Waals surface area contributed by atoms with Crippen molar-refractivity contribution in [3.63, 3.8) is 0 Å². The molecule has 1 N–H and O–H groups in total. The van der Waals surface area contributed by atoms with Gasteiger partial charge in [-0.2, -0.15) is 0 Å². The molecule has 0 atom stereocenters. The van der Waals surface area contributed by atoms with E-state index in [1.165, 1.54) is 24.1 Å². The van der Waals surface area contributed by atoms with E-state index in [1.807, 2.05) is 0 Å². The maximum absolute atomic E-state index is 3.45. The van der Waals surface area contributed by atoms with Crippen LogP contribution in [0.25, 0.3) is 0 Å². The van der Waals surface area contributed by atoms with Crippen molar-refractivity contribution in [3.05, 3.63) is 35.4 Å². The van der Waals surface area contributed by atoms with Crippen molar-refractivity contribution in [1.82, 2.24) is 10.2 Å². The van der Waals surface area contributed by atoms with Gasteiger partial charge in [0.25, 0.3) is 0 Å². The molecule has 0 saturated heterocycles. The molecule has 0 aliphatic heterocycles. The van der Waals surface area contributed by atoms with Crippen LogP contribution in [0.1, 0.15) is 38.3 Å². The molecule has 1 aromatic carbocycles. The van der Waals surface area contributed by atoms with E-state index in [9.17, 15) is 0 Å². The van der Waals surface area contributed by atoms with Crippen molar-refractivity contribution in [1.29, 1.82) is 0 Å². The van der Waals surface area contributed by atoms with Crippen LogP contribution in [0, 0.1) is 0 Å². The molecular formula is C16H28N2. The zero-order valence-corrected chi connectivity index (χ0v) is 12.4. The lowest BCUT2D eigenvalue weighted by Gasteiger charge is -2.15. The van der Waals surface area contributed by atoms with E-state index in [4.69, 9.17) is 0 Å². The van der Waals surface area contributed by atoms with Gasteiger partial charge in [-0.15, -0.1) is 0 Å². The highest BCUT2D eigenvalue weighted by molar-refractivity contribution is 5.22. The molecule has 2 nitrogen and oxygen atoms in total. The second-order valence-corrected chi connectivity index (χ2v) is 5.41. The van der Waals surface area contributed by atoms with E-state index >= 15 is 0 Å². The minimum Gasteiger partial charge on any atom is -0.314 e. The van der Waals surface area contributed by atoms with Gasteiger partial charge in [0, 0.05) is 12.6 Å². The highest BCUT2D eigenvalue weighted by Crippen LogP contribution is 2.07. The average molecular weight is 248 g/mol. The molecule has 0 aromatic heterocycles. The van der Waals surface area contributed by atoms with Crippen molar-refractivity contribution in [3.8, 4) is 0 Å². The lowest BCUT2D eigenvalue weighted by molar-refractivity contribution is 0.327. The molecule has 0 spiro atoms. The Hall–Kier alpha value is -0.860. The smallest absolute Gasteiger partial charge is 0.0230 e.